The molecule has 0 radical (unpaired) electrons. The Balaban J connectivity index is 2.27. The molecule has 0 amide bonds. The fourth-order valence-electron chi connectivity index (χ4n) is 1.18. The second-order valence-corrected chi connectivity index (χ2v) is 6.63. The van der Waals surface area contributed by atoms with Crippen molar-refractivity contribution in [3.63, 3.8) is 0 Å². The monoisotopic (exact) mass is 302 g/mol. The molecule has 2 nitrogen and oxygen atoms in total. The second kappa shape index (κ2) is 4.72. The van der Waals surface area contributed by atoms with Gasteiger partial charge in [-0.2, -0.15) is 0 Å². The van der Waals surface area contributed by atoms with Crippen LogP contribution in [0.25, 0.3) is 9.88 Å². The molecule has 5 heteroatoms. The molecule has 0 aromatic carbocycles. The summed E-state index contributed by atoms with van der Waals surface area (Å²) in [7, 11) is 0. The molecule has 1 atom stereocenters. The first kappa shape index (κ1) is 11.2. The van der Waals surface area contributed by atoms with Gasteiger partial charge in [0.2, 0.25) is 0 Å². The summed E-state index contributed by atoms with van der Waals surface area (Å²) in [5.41, 5.74) is 0. The molecule has 2 rings (SSSR count). The van der Waals surface area contributed by atoms with Crippen LogP contribution in [0.4, 0.5) is 0 Å². The Hall–Kier alpha value is -0.260. The third kappa shape index (κ3) is 2.46. The van der Waals surface area contributed by atoms with Crippen LogP contribution in [0.2, 0.25) is 0 Å². The Labute approximate surface area is 106 Å². The smallest absolute Gasteiger partial charge is 0.142 e. The molecular formula is C10H11BrN2S2. The van der Waals surface area contributed by atoms with Crippen LogP contribution in [0.1, 0.15) is 28.1 Å². The summed E-state index contributed by atoms with van der Waals surface area (Å²) in [5, 5.41) is 10.5. The van der Waals surface area contributed by atoms with Crippen LogP contribution in [-0.4, -0.2) is 10.2 Å². The van der Waals surface area contributed by atoms with E-state index in [2.05, 4.69) is 52.1 Å². The van der Waals surface area contributed by atoms with E-state index < -0.39 is 0 Å². The van der Waals surface area contributed by atoms with E-state index in [1.165, 1.54) is 9.75 Å². The van der Waals surface area contributed by atoms with Crippen molar-refractivity contribution in [3.05, 3.63) is 22.0 Å². The molecule has 2 heterocycles. The Bertz CT molecular complexity index is 450. The molecule has 15 heavy (non-hydrogen) atoms. The summed E-state index contributed by atoms with van der Waals surface area (Å²) in [6, 6.07) is 4.23. The van der Waals surface area contributed by atoms with Crippen LogP contribution in [0.3, 0.4) is 0 Å². The number of aryl methyl sites for hydroxylation is 1. The van der Waals surface area contributed by atoms with Gasteiger partial charge in [0, 0.05) is 4.88 Å². The van der Waals surface area contributed by atoms with Gasteiger partial charge in [-0.1, -0.05) is 34.2 Å². The van der Waals surface area contributed by atoms with Gasteiger partial charge in [0.05, 0.1) is 9.70 Å². The first-order valence-corrected chi connectivity index (χ1v) is 7.30. The number of nitrogens with zero attached hydrogens (tertiary/aromatic N) is 2. The first-order valence-electron chi connectivity index (χ1n) is 4.75. The summed E-state index contributed by atoms with van der Waals surface area (Å²) < 4.78 is 0. The molecule has 1 unspecified atom stereocenters. The zero-order valence-electron chi connectivity index (χ0n) is 8.53. The van der Waals surface area contributed by atoms with Crippen LogP contribution < -0.4 is 0 Å². The molecule has 2 aromatic heterocycles. The van der Waals surface area contributed by atoms with Gasteiger partial charge in [-0.05, 0) is 25.5 Å². The van der Waals surface area contributed by atoms with Crippen molar-refractivity contribution in [1.29, 1.82) is 0 Å². The Kier molecular flexibility index (Phi) is 3.53. The van der Waals surface area contributed by atoms with E-state index in [0.29, 0.717) is 4.83 Å². The topological polar surface area (TPSA) is 25.8 Å². The number of aromatic nitrogens is 2. The Morgan fingerprint density at radius 1 is 1.33 bits per heavy atom. The highest BCUT2D eigenvalue weighted by atomic mass is 79.9. The van der Waals surface area contributed by atoms with E-state index in [1.54, 1.807) is 22.7 Å². The zero-order chi connectivity index (χ0) is 10.8. The minimum Gasteiger partial charge on any atom is -0.142 e. The van der Waals surface area contributed by atoms with Gasteiger partial charge in [-0.3, -0.25) is 0 Å². The minimum atomic E-state index is 0.338. The normalized spacial score (nSPS) is 13.0. The summed E-state index contributed by atoms with van der Waals surface area (Å²) in [6.07, 6.45) is 1.04. The number of halogens is 1. The van der Waals surface area contributed by atoms with Crippen LogP contribution in [-0.2, 0) is 0 Å². The van der Waals surface area contributed by atoms with Gasteiger partial charge >= 0.3 is 0 Å². The van der Waals surface area contributed by atoms with Crippen LogP contribution in [0.5, 0.6) is 0 Å². The molecule has 0 aliphatic rings. The SMILES string of the molecule is CCC(Br)c1nnc(-c2ccc(C)s2)s1. The number of alkyl halides is 1. The standard InChI is InChI=1S/C10H11BrN2S2/c1-3-7(11)9-12-13-10(15-9)8-5-4-6(2)14-8/h4-5,7H,3H2,1-2H3. The van der Waals surface area contributed by atoms with Crippen molar-refractivity contribution >= 4 is 38.6 Å². The average molecular weight is 303 g/mol. The van der Waals surface area contributed by atoms with Crippen LogP contribution >= 0.6 is 38.6 Å². The lowest BCUT2D eigenvalue weighted by molar-refractivity contribution is 0.870. The molecule has 0 aliphatic carbocycles. The molecule has 0 saturated carbocycles. The van der Waals surface area contributed by atoms with Crippen molar-refractivity contribution in [1.82, 2.24) is 10.2 Å². The molecule has 2 aromatic rings. The van der Waals surface area contributed by atoms with Crippen molar-refractivity contribution in [2.24, 2.45) is 0 Å². The molecule has 0 spiro atoms. The lowest BCUT2D eigenvalue weighted by atomic mass is 10.4. The summed E-state index contributed by atoms with van der Waals surface area (Å²) in [4.78, 5) is 2.87. The van der Waals surface area contributed by atoms with Crippen LogP contribution in [0, 0.1) is 6.92 Å². The highest BCUT2D eigenvalue weighted by Crippen LogP contribution is 2.35. The second-order valence-electron chi connectivity index (χ2n) is 3.23. The van der Waals surface area contributed by atoms with E-state index in [9.17, 15) is 0 Å². The van der Waals surface area contributed by atoms with E-state index in [1.807, 2.05) is 0 Å². The van der Waals surface area contributed by atoms with Gasteiger partial charge < -0.3 is 0 Å². The maximum Gasteiger partial charge on any atom is 0.157 e. The van der Waals surface area contributed by atoms with Gasteiger partial charge in [0.1, 0.15) is 5.01 Å². The van der Waals surface area contributed by atoms with Crippen LogP contribution in [0.15, 0.2) is 12.1 Å². The molecule has 0 bridgehead atoms. The maximum atomic E-state index is 4.22. The predicted octanol–water partition coefficient (Wildman–Crippen LogP) is 4.42. The molecule has 0 N–H and O–H groups in total. The third-order valence-electron chi connectivity index (χ3n) is 2.02. The predicted molar refractivity (Wildman–Crippen MR) is 69.9 cm³/mol. The minimum absolute atomic E-state index is 0.338. The van der Waals surface area contributed by atoms with Crippen molar-refractivity contribution in [2.75, 3.05) is 0 Å². The quantitative estimate of drug-likeness (QED) is 0.784. The lowest BCUT2D eigenvalue weighted by Crippen LogP contribution is -1.84. The van der Waals surface area contributed by atoms with Gasteiger partial charge in [-0.15, -0.1) is 21.5 Å². The highest BCUT2D eigenvalue weighted by molar-refractivity contribution is 9.09. The molecule has 0 saturated heterocycles. The number of thiophene rings is 1. The van der Waals surface area contributed by atoms with Crippen molar-refractivity contribution in [3.8, 4) is 9.88 Å². The fourth-order valence-corrected chi connectivity index (χ4v) is 3.38. The highest BCUT2D eigenvalue weighted by Gasteiger charge is 2.13. The maximum absolute atomic E-state index is 4.22. The summed E-state index contributed by atoms with van der Waals surface area (Å²) in [5.74, 6) is 0. The molecular weight excluding hydrogens is 292 g/mol. The average Bonchev–Trinajstić information content (AvgIpc) is 2.84. The fraction of sp³-hybridized carbons (Fsp3) is 0.400. The third-order valence-corrected chi connectivity index (χ3v) is 5.61. The van der Waals surface area contributed by atoms with Gasteiger partial charge in [-0.25, -0.2) is 0 Å². The number of rotatable bonds is 3. The molecule has 0 fully saturated rings. The van der Waals surface area contributed by atoms with Gasteiger partial charge in [0.25, 0.3) is 0 Å². The van der Waals surface area contributed by atoms with Gasteiger partial charge in [0.15, 0.2) is 5.01 Å². The summed E-state index contributed by atoms with van der Waals surface area (Å²) >= 11 is 7.03. The van der Waals surface area contributed by atoms with E-state index in [0.717, 1.165) is 16.4 Å². The van der Waals surface area contributed by atoms with E-state index in [-0.39, 0.29) is 0 Å². The first-order chi connectivity index (χ1) is 7.20. The van der Waals surface area contributed by atoms with Crippen molar-refractivity contribution < 1.29 is 0 Å². The van der Waals surface area contributed by atoms with Crippen molar-refractivity contribution in [2.45, 2.75) is 25.1 Å². The molecule has 80 valence electrons. The number of hydrogen-bond acceptors (Lipinski definition) is 4. The Morgan fingerprint density at radius 2 is 2.13 bits per heavy atom. The lowest BCUT2D eigenvalue weighted by Gasteiger charge is -1.97. The number of hydrogen-bond donors (Lipinski definition) is 0. The Morgan fingerprint density at radius 3 is 2.73 bits per heavy atom. The zero-order valence-corrected chi connectivity index (χ0v) is 11.7. The van der Waals surface area contributed by atoms with E-state index >= 15 is 0 Å². The summed E-state index contributed by atoms with van der Waals surface area (Å²) in [6.45, 7) is 4.24. The van der Waals surface area contributed by atoms with E-state index in [4.69, 9.17) is 0 Å². The largest absolute Gasteiger partial charge is 0.157 e. The molecule has 0 aliphatic heterocycles.